The van der Waals surface area contributed by atoms with Crippen LogP contribution < -0.4 is 10.6 Å². The summed E-state index contributed by atoms with van der Waals surface area (Å²) in [5.41, 5.74) is 8.13. The summed E-state index contributed by atoms with van der Waals surface area (Å²) in [6.07, 6.45) is 0. The van der Waals surface area contributed by atoms with Crippen LogP contribution in [0.3, 0.4) is 0 Å². The predicted octanol–water partition coefficient (Wildman–Crippen LogP) is 3.91. The van der Waals surface area contributed by atoms with Crippen molar-refractivity contribution in [2.45, 2.75) is 6.54 Å². The molecule has 0 aromatic heterocycles. The van der Waals surface area contributed by atoms with Crippen LogP contribution in [0.2, 0.25) is 10.0 Å². The van der Waals surface area contributed by atoms with Crippen LogP contribution >= 0.6 is 23.2 Å². The van der Waals surface area contributed by atoms with Crippen LogP contribution in [0.15, 0.2) is 42.5 Å². The number of para-hydroxylation sites is 1. The van der Waals surface area contributed by atoms with Gasteiger partial charge < -0.3 is 10.6 Å². The Morgan fingerprint density at radius 3 is 2.60 bits per heavy atom. The first-order valence-corrected chi connectivity index (χ1v) is 6.83. The molecule has 3 nitrogen and oxygen atoms in total. The average molecular weight is 308 g/mol. The number of anilines is 1. The molecule has 0 bridgehead atoms. The minimum absolute atomic E-state index is 0.0460. The molecule has 0 aliphatic rings. The van der Waals surface area contributed by atoms with Gasteiger partial charge in [-0.15, -0.1) is 0 Å². The molecule has 2 rings (SSSR count). The monoisotopic (exact) mass is 307 g/mol. The SMILES string of the molecule is CN(Cc1cc(Cl)ccc1Cl)c1ccccc1C(=N)N. The van der Waals surface area contributed by atoms with Gasteiger partial charge >= 0.3 is 0 Å². The maximum atomic E-state index is 7.63. The third-order valence-corrected chi connectivity index (χ3v) is 3.62. The van der Waals surface area contributed by atoms with Gasteiger partial charge in [0.15, 0.2) is 0 Å². The molecule has 0 saturated heterocycles. The van der Waals surface area contributed by atoms with Crippen molar-refractivity contribution in [3.8, 4) is 0 Å². The summed E-state index contributed by atoms with van der Waals surface area (Å²) in [5.74, 6) is 0.0460. The minimum atomic E-state index is 0.0460. The maximum absolute atomic E-state index is 7.63. The van der Waals surface area contributed by atoms with E-state index >= 15 is 0 Å². The third kappa shape index (κ3) is 3.24. The zero-order valence-corrected chi connectivity index (χ0v) is 12.5. The lowest BCUT2D eigenvalue weighted by atomic mass is 10.1. The van der Waals surface area contributed by atoms with E-state index in [0.717, 1.165) is 11.3 Å². The van der Waals surface area contributed by atoms with Crippen LogP contribution in [-0.4, -0.2) is 12.9 Å². The van der Waals surface area contributed by atoms with E-state index < -0.39 is 0 Å². The van der Waals surface area contributed by atoms with Crippen LogP contribution in [0.25, 0.3) is 0 Å². The van der Waals surface area contributed by atoms with Crippen LogP contribution in [0.4, 0.5) is 5.69 Å². The molecule has 0 aliphatic carbocycles. The van der Waals surface area contributed by atoms with Crippen molar-refractivity contribution in [3.05, 3.63) is 63.6 Å². The summed E-state index contributed by atoms with van der Waals surface area (Å²) in [7, 11) is 1.93. The molecular formula is C15H15Cl2N3. The molecule has 0 amide bonds. The fourth-order valence-electron chi connectivity index (χ4n) is 2.04. The van der Waals surface area contributed by atoms with Crippen molar-refractivity contribution in [1.29, 1.82) is 5.41 Å². The molecule has 0 unspecified atom stereocenters. The van der Waals surface area contributed by atoms with Gasteiger partial charge in [-0.1, -0.05) is 35.3 Å². The molecule has 0 radical (unpaired) electrons. The van der Waals surface area contributed by atoms with E-state index in [9.17, 15) is 0 Å². The first-order chi connectivity index (χ1) is 9.49. The molecule has 0 heterocycles. The normalized spacial score (nSPS) is 10.3. The predicted molar refractivity (Wildman–Crippen MR) is 86.0 cm³/mol. The fraction of sp³-hybridized carbons (Fsp3) is 0.133. The van der Waals surface area contributed by atoms with E-state index in [1.54, 1.807) is 12.1 Å². The highest BCUT2D eigenvalue weighted by atomic mass is 35.5. The largest absolute Gasteiger partial charge is 0.384 e. The number of nitrogens with one attached hydrogen (secondary N) is 1. The Bertz CT molecular complexity index is 641. The molecule has 0 fully saturated rings. The highest BCUT2D eigenvalue weighted by Gasteiger charge is 2.11. The molecule has 0 atom stereocenters. The molecule has 5 heteroatoms. The fourth-order valence-corrected chi connectivity index (χ4v) is 2.41. The van der Waals surface area contributed by atoms with Crippen molar-refractivity contribution in [1.82, 2.24) is 0 Å². The number of benzene rings is 2. The minimum Gasteiger partial charge on any atom is -0.384 e. The summed E-state index contributed by atoms with van der Waals surface area (Å²) in [4.78, 5) is 1.99. The Balaban J connectivity index is 2.31. The van der Waals surface area contributed by atoms with Crippen LogP contribution in [0, 0.1) is 5.41 Å². The van der Waals surface area contributed by atoms with Crippen LogP contribution in [-0.2, 0) is 6.54 Å². The van der Waals surface area contributed by atoms with Gasteiger partial charge in [0.25, 0.3) is 0 Å². The van der Waals surface area contributed by atoms with Gasteiger partial charge in [-0.05, 0) is 35.9 Å². The standard InChI is InChI=1S/C15H15Cl2N3/c1-20(9-10-8-11(16)6-7-13(10)17)14-5-3-2-4-12(14)15(18)19/h2-8H,9H2,1H3,(H3,18,19). The summed E-state index contributed by atoms with van der Waals surface area (Å²) in [6, 6.07) is 12.9. The van der Waals surface area contributed by atoms with E-state index in [4.69, 9.17) is 34.3 Å². The quantitative estimate of drug-likeness (QED) is 0.664. The van der Waals surface area contributed by atoms with Crippen LogP contribution in [0.5, 0.6) is 0 Å². The molecule has 0 aliphatic heterocycles. The number of nitrogen functional groups attached to an aromatic ring is 1. The van der Waals surface area contributed by atoms with Gasteiger partial charge in [0.2, 0.25) is 0 Å². The average Bonchev–Trinajstić information content (AvgIpc) is 2.42. The summed E-state index contributed by atoms with van der Waals surface area (Å²) in [6.45, 7) is 0.587. The zero-order valence-electron chi connectivity index (χ0n) is 11.0. The molecule has 20 heavy (non-hydrogen) atoms. The zero-order chi connectivity index (χ0) is 14.7. The number of nitrogens with zero attached hydrogens (tertiary/aromatic N) is 1. The number of hydrogen-bond acceptors (Lipinski definition) is 2. The van der Waals surface area contributed by atoms with Gasteiger partial charge in [0.1, 0.15) is 5.84 Å². The lowest BCUT2D eigenvalue weighted by molar-refractivity contribution is 0.921. The Morgan fingerprint density at radius 1 is 1.20 bits per heavy atom. The third-order valence-electron chi connectivity index (χ3n) is 3.02. The second kappa shape index (κ2) is 6.16. The first-order valence-electron chi connectivity index (χ1n) is 6.07. The Labute approximate surface area is 128 Å². The lowest BCUT2D eigenvalue weighted by Gasteiger charge is -2.22. The Hall–Kier alpha value is -1.71. The van der Waals surface area contributed by atoms with Crippen molar-refractivity contribution in [3.63, 3.8) is 0 Å². The number of amidine groups is 1. The smallest absolute Gasteiger partial charge is 0.124 e. The van der Waals surface area contributed by atoms with Crippen LogP contribution in [0.1, 0.15) is 11.1 Å². The van der Waals surface area contributed by atoms with Gasteiger partial charge in [0, 0.05) is 34.9 Å². The Morgan fingerprint density at radius 2 is 1.90 bits per heavy atom. The van der Waals surface area contributed by atoms with Crippen molar-refractivity contribution < 1.29 is 0 Å². The summed E-state index contributed by atoms with van der Waals surface area (Å²) >= 11 is 12.2. The summed E-state index contributed by atoms with van der Waals surface area (Å²) < 4.78 is 0. The second-order valence-electron chi connectivity index (χ2n) is 4.52. The number of halogens is 2. The molecular weight excluding hydrogens is 293 g/mol. The number of hydrogen-bond donors (Lipinski definition) is 2. The highest BCUT2D eigenvalue weighted by Crippen LogP contribution is 2.25. The van der Waals surface area contributed by atoms with Crippen molar-refractivity contribution in [2.24, 2.45) is 5.73 Å². The van der Waals surface area contributed by atoms with Gasteiger partial charge in [0.05, 0.1) is 0 Å². The number of nitrogens with two attached hydrogens (primary N) is 1. The van der Waals surface area contributed by atoms with E-state index in [-0.39, 0.29) is 5.84 Å². The van der Waals surface area contributed by atoms with E-state index in [1.165, 1.54) is 0 Å². The van der Waals surface area contributed by atoms with E-state index in [0.29, 0.717) is 22.2 Å². The van der Waals surface area contributed by atoms with E-state index in [2.05, 4.69) is 0 Å². The van der Waals surface area contributed by atoms with Gasteiger partial charge in [-0.25, -0.2) is 0 Å². The first kappa shape index (κ1) is 14.7. The van der Waals surface area contributed by atoms with Gasteiger partial charge in [-0.3, -0.25) is 5.41 Å². The van der Waals surface area contributed by atoms with Crippen molar-refractivity contribution in [2.75, 3.05) is 11.9 Å². The van der Waals surface area contributed by atoms with Gasteiger partial charge in [-0.2, -0.15) is 0 Å². The topological polar surface area (TPSA) is 53.1 Å². The molecule has 0 saturated carbocycles. The highest BCUT2D eigenvalue weighted by molar-refractivity contribution is 6.33. The molecule has 2 aromatic carbocycles. The maximum Gasteiger partial charge on any atom is 0.124 e. The molecule has 2 aromatic rings. The second-order valence-corrected chi connectivity index (χ2v) is 5.37. The van der Waals surface area contributed by atoms with E-state index in [1.807, 2.05) is 42.3 Å². The summed E-state index contributed by atoms with van der Waals surface area (Å²) in [5, 5.41) is 8.95. The van der Waals surface area contributed by atoms with Crippen molar-refractivity contribution >= 4 is 34.7 Å². The Kier molecular flexibility index (Phi) is 4.53. The molecule has 104 valence electrons. The lowest BCUT2D eigenvalue weighted by Crippen LogP contribution is -2.22. The molecule has 3 N–H and O–H groups in total. The molecule has 0 spiro atoms. The number of rotatable bonds is 4.